The van der Waals surface area contributed by atoms with Gasteiger partial charge in [-0.2, -0.15) is 0 Å². The summed E-state index contributed by atoms with van der Waals surface area (Å²) in [5.74, 6) is -1.38. The highest BCUT2D eigenvalue weighted by Crippen LogP contribution is 2.28. The minimum absolute atomic E-state index is 0.0630. The van der Waals surface area contributed by atoms with E-state index < -0.39 is 17.5 Å². The summed E-state index contributed by atoms with van der Waals surface area (Å²) in [4.78, 5) is 0. The van der Waals surface area contributed by atoms with Crippen LogP contribution in [-0.4, -0.2) is 19.5 Å². The summed E-state index contributed by atoms with van der Waals surface area (Å²) in [6, 6.07) is 7.12. The third-order valence-electron chi connectivity index (χ3n) is 6.05. The third kappa shape index (κ3) is 6.81. The van der Waals surface area contributed by atoms with Gasteiger partial charge in [0.1, 0.15) is 17.5 Å². The summed E-state index contributed by atoms with van der Waals surface area (Å²) in [5.41, 5.74) is 1.13. The molecule has 1 heterocycles. The van der Waals surface area contributed by atoms with Crippen molar-refractivity contribution < 1.29 is 22.6 Å². The lowest BCUT2D eigenvalue weighted by atomic mass is 9.99. The normalized spacial score (nSPS) is 19.0. The van der Waals surface area contributed by atoms with E-state index in [-0.39, 0.29) is 23.0 Å². The monoisotopic (exact) mass is 434 g/mol. The Bertz CT molecular complexity index is 822. The van der Waals surface area contributed by atoms with E-state index >= 15 is 0 Å². The van der Waals surface area contributed by atoms with Gasteiger partial charge < -0.3 is 9.47 Å². The topological polar surface area (TPSA) is 18.5 Å². The molecule has 0 atom stereocenters. The second kappa shape index (κ2) is 11.7. The zero-order valence-corrected chi connectivity index (χ0v) is 18.6. The van der Waals surface area contributed by atoms with Crippen LogP contribution >= 0.6 is 0 Å². The highest BCUT2D eigenvalue weighted by molar-refractivity contribution is 5.65. The average Bonchev–Trinajstić information content (AvgIpc) is 2.76. The zero-order chi connectivity index (χ0) is 22.2. The third-order valence-corrected chi connectivity index (χ3v) is 6.05. The molecule has 0 unspecified atom stereocenters. The number of aryl methyl sites for hydroxylation is 1. The molecule has 2 aromatic carbocycles. The molecular weight excluding hydrogens is 401 g/mol. The van der Waals surface area contributed by atoms with Crippen LogP contribution in [0.3, 0.4) is 0 Å². The fourth-order valence-corrected chi connectivity index (χ4v) is 3.99. The largest absolute Gasteiger partial charge is 0.352 e. The van der Waals surface area contributed by atoms with Crippen molar-refractivity contribution in [3.63, 3.8) is 0 Å². The van der Waals surface area contributed by atoms with Crippen LogP contribution < -0.4 is 0 Å². The Hall–Kier alpha value is -1.85. The Kier molecular flexibility index (Phi) is 8.97. The minimum Gasteiger partial charge on any atom is -0.352 e. The molecule has 0 amide bonds. The van der Waals surface area contributed by atoms with Gasteiger partial charge in [0.05, 0.1) is 13.2 Å². The number of unbranched alkanes of at least 4 members (excludes halogenated alkanes) is 4. The van der Waals surface area contributed by atoms with Gasteiger partial charge in [0.25, 0.3) is 0 Å². The van der Waals surface area contributed by atoms with E-state index in [9.17, 15) is 13.2 Å². The molecule has 0 N–H and O–H groups in total. The zero-order valence-electron chi connectivity index (χ0n) is 18.6. The van der Waals surface area contributed by atoms with E-state index in [0.29, 0.717) is 18.8 Å². The Labute approximate surface area is 183 Å². The van der Waals surface area contributed by atoms with Gasteiger partial charge in [-0.15, -0.1) is 0 Å². The lowest BCUT2D eigenvalue weighted by Gasteiger charge is -2.29. The van der Waals surface area contributed by atoms with Crippen LogP contribution in [0.4, 0.5) is 13.2 Å². The van der Waals surface area contributed by atoms with Gasteiger partial charge in [0, 0.05) is 23.5 Å². The van der Waals surface area contributed by atoms with E-state index in [0.717, 1.165) is 25.2 Å². The van der Waals surface area contributed by atoms with Crippen LogP contribution in [0.2, 0.25) is 0 Å². The van der Waals surface area contributed by atoms with Crippen LogP contribution in [0.1, 0.15) is 63.0 Å². The fraction of sp³-hybridized carbons (Fsp3) is 0.538. The van der Waals surface area contributed by atoms with E-state index in [1.807, 2.05) is 0 Å². The highest BCUT2D eigenvalue weighted by Gasteiger charge is 2.22. The first-order valence-electron chi connectivity index (χ1n) is 11.5. The Morgan fingerprint density at radius 1 is 0.839 bits per heavy atom. The molecule has 0 bridgehead atoms. The summed E-state index contributed by atoms with van der Waals surface area (Å²) >= 11 is 0. The first kappa shape index (κ1) is 23.8. The molecule has 1 fully saturated rings. The van der Waals surface area contributed by atoms with Crippen molar-refractivity contribution in [1.82, 2.24) is 0 Å². The molecule has 5 heteroatoms. The lowest BCUT2D eigenvalue weighted by molar-refractivity contribution is -0.203. The molecule has 3 rings (SSSR count). The van der Waals surface area contributed by atoms with Gasteiger partial charge in [0.2, 0.25) is 0 Å². The summed E-state index contributed by atoms with van der Waals surface area (Å²) in [5, 5.41) is 0. The maximum Gasteiger partial charge on any atom is 0.157 e. The predicted octanol–water partition coefficient (Wildman–Crippen LogP) is 7.36. The maximum absolute atomic E-state index is 14.6. The van der Waals surface area contributed by atoms with Gasteiger partial charge in [-0.3, -0.25) is 0 Å². The Morgan fingerprint density at radius 3 is 2.16 bits per heavy atom. The van der Waals surface area contributed by atoms with Crippen molar-refractivity contribution in [3.05, 3.63) is 58.9 Å². The van der Waals surface area contributed by atoms with Crippen LogP contribution in [0.25, 0.3) is 11.1 Å². The number of halogens is 3. The molecule has 1 saturated heterocycles. The van der Waals surface area contributed by atoms with Crippen molar-refractivity contribution in [2.24, 2.45) is 5.92 Å². The molecule has 2 aromatic rings. The number of hydrogen-bond acceptors (Lipinski definition) is 2. The molecular formula is C26H33F3O2. The van der Waals surface area contributed by atoms with E-state index in [4.69, 9.17) is 9.47 Å². The van der Waals surface area contributed by atoms with Crippen molar-refractivity contribution in [1.29, 1.82) is 0 Å². The molecule has 1 aliphatic rings. The molecule has 31 heavy (non-hydrogen) atoms. The van der Waals surface area contributed by atoms with Crippen molar-refractivity contribution >= 4 is 0 Å². The quantitative estimate of drug-likeness (QED) is 0.364. The van der Waals surface area contributed by atoms with Gasteiger partial charge in [-0.25, -0.2) is 13.2 Å². The van der Waals surface area contributed by atoms with Gasteiger partial charge >= 0.3 is 0 Å². The second-order valence-corrected chi connectivity index (χ2v) is 8.58. The predicted molar refractivity (Wildman–Crippen MR) is 117 cm³/mol. The molecule has 0 spiro atoms. The van der Waals surface area contributed by atoms with Gasteiger partial charge in [0.15, 0.2) is 6.29 Å². The van der Waals surface area contributed by atoms with Crippen molar-refractivity contribution in [3.8, 4) is 11.1 Å². The van der Waals surface area contributed by atoms with Crippen molar-refractivity contribution in [2.75, 3.05) is 13.2 Å². The van der Waals surface area contributed by atoms with E-state index in [2.05, 4.69) is 6.92 Å². The number of benzene rings is 2. The molecule has 170 valence electrons. The molecule has 0 aliphatic carbocycles. The lowest BCUT2D eigenvalue weighted by Crippen LogP contribution is -2.32. The van der Waals surface area contributed by atoms with Crippen LogP contribution in [0, 0.1) is 30.3 Å². The number of rotatable bonds is 10. The SMILES string of the molecule is CCCCCCCC1COC(CCc2ccc(-c3cc(F)c(C)c(F)c3)c(F)c2)OC1. The summed E-state index contributed by atoms with van der Waals surface area (Å²) in [6.45, 7) is 5.02. The van der Waals surface area contributed by atoms with E-state index in [1.165, 1.54) is 57.2 Å². The number of ether oxygens (including phenoxy) is 2. The molecule has 0 aromatic heterocycles. The Balaban J connectivity index is 1.46. The standard InChI is InChI=1S/C26H33F3O2/c1-3-4-5-6-7-8-20-16-30-26(31-17-20)12-10-19-9-11-22(25(29)13-19)21-14-23(27)18(2)24(28)15-21/h9,11,13-15,20,26H,3-8,10,12,16-17H2,1-2H3. The molecule has 2 nitrogen and oxygen atoms in total. The van der Waals surface area contributed by atoms with Crippen molar-refractivity contribution in [2.45, 2.75) is 71.5 Å². The molecule has 0 radical (unpaired) electrons. The fourth-order valence-electron chi connectivity index (χ4n) is 3.99. The number of hydrogen-bond donors (Lipinski definition) is 0. The molecule has 0 saturated carbocycles. The van der Waals surface area contributed by atoms with Gasteiger partial charge in [-0.1, -0.05) is 51.2 Å². The summed E-state index contributed by atoms with van der Waals surface area (Å²) < 4.78 is 53.9. The second-order valence-electron chi connectivity index (χ2n) is 8.58. The Morgan fingerprint density at radius 2 is 1.52 bits per heavy atom. The summed E-state index contributed by atoms with van der Waals surface area (Å²) in [7, 11) is 0. The smallest absolute Gasteiger partial charge is 0.157 e. The van der Waals surface area contributed by atoms with Crippen LogP contribution in [-0.2, 0) is 15.9 Å². The van der Waals surface area contributed by atoms with E-state index in [1.54, 1.807) is 12.1 Å². The minimum atomic E-state index is -0.677. The first-order chi connectivity index (χ1) is 15.0. The van der Waals surface area contributed by atoms with Crippen LogP contribution in [0.15, 0.2) is 30.3 Å². The molecule has 1 aliphatic heterocycles. The highest BCUT2D eigenvalue weighted by atomic mass is 19.1. The average molecular weight is 435 g/mol. The summed E-state index contributed by atoms with van der Waals surface area (Å²) in [6.07, 6.45) is 8.50. The first-order valence-corrected chi connectivity index (χ1v) is 11.5. The van der Waals surface area contributed by atoms with Gasteiger partial charge in [-0.05, 0) is 49.1 Å². The van der Waals surface area contributed by atoms with Crippen LogP contribution in [0.5, 0.6) is 0 Å². The maximum atomic E-state index is 14.6.